The van der Waals surface area contributed by atoms with Gasteiger partial charge >= 0.3 is 0 Å². The van der Waals surface area contributed by atoms with Crippen LogP contribution in [0, 0.1) is 5.92 Å². The molecule has 114 valence electrons. The van der Waals surface area contributed by atoms with Gasteiger partial charge in [-0.05, 0) is 24.4 Å². The summed E-state index contributed by atoms with van der Waals surface area (Å²) in [5, 5.41) is 0. The Morgan fingerprint density at radius 2 is 2.10 bits per heavy atom. The van der Waals surface area contributed by atoms with Gasteiger partial charge in [-0.1, -0.05) is 42.5 Å². The topological polar surface area (TPSA) is 15.7 Å². The van der Waals surface area contributed by atoms with E-state index in [-0.39, 0.29) is 0 Å². The Kier molecular flexibility index (Phi) is 5.07. The molecule has 0 N–H and O–H groups in total. The van der Waals surface area contributed by atoms with Gasteiger partial charge in [0.25, 0.3) is 0 Å². The van der Waals surface area contributed by atoms with Crippen molar-refractivity contribution < 1.29 is 4.74 Å². The van der Waals surface area contributed by atoms with Gasteiger partial charge in [-0.25, -0.2) is 0 Å². The normalized spacial score (nSPS) is 26.7. The van der Waals surface area contributed by atoms with Gasteiger partial charge in [0.15, 0.2) is 0 Å². The summed E-state index contributed by atoms with van der Waals surface area (Å²) < 4.78 is 5.20. The first-order valence-corrected chi connectivity index (χ1v) is 8.04. The summed E-state index contributed by atoms with van der Waals surface area (Å²) in [5.41, 5.74) is 1.29. The van der Waals surface area contributed by atoms with E-state index in [1.165, 1.54) is 31.6 Å². The van der Waals surface area contributed by atoms with Crippen molar-refractivity contribution in [2.24, 2.45) is 5.92 Å². The van der Waals surface area contributed by atoms with E-state index >= 15 is 0 Å². The van der Waals surface area contributed by atoms with E-state index in [1.807, 2.05) is 0 Å². The average Bonchev–Trinajstić information content (AvgIpc) is 3.07. The Bertz CT molecular complexity index is 460. The molecule has 2 saturated heterocycles. The Morgan fingerprint density at radius 1 is 1.24 bits per heavy atom. The first-order chi connectivity index (χ1) is 10.4. The molecule has 0 amide bonds. The van der Waals surface area contributed by atoms with Crippen molar-refractivity contribution in [1.82, 2.24) is 9.80 Å². The molecule has 0 unspecified atom stereocenters. The van der Waals surface area contributed by atoms with E-state index in [2.05, 4.69) is 52.3 Å². The van der Waals surface area contributed by atoms with Crippen LogP contribution in [0.3, 0.4) is 0 Å². The average molecular weight is 286 g/mol. The Morgan fingerprint density at radius 3 is 2.90 bits per heavy atom. The summed E-state index contributed by atoms with van der Waals surface area (Å²) in [5.74, 6) is 0.868. The maximum Gasteiger partial charge on any atom is 0.0589 e. The van der Waals surface area contributed by atoms with Crippen LogP contribution in [-0.4, -0.2) is 62.3 Å². The van der Waals surface area contributed by atoms with E-state index in [0.29, 0.717) is 0 Å². The Hall–Kier alpha value is -1.16. The van der Waals surface area contributed by atoms with E-state index in [4.69, 9.17) is 4.74 Å². The third-order valence-corrected chi connectivity index (χ3v) is 4.80. The molecule has 0 radical (unpaired) electrons. The van der Waals surface area contributed by atoms with Gasteiger partial charge in [0, 0.05) is 39.3 Å². The Balaban J connectivity index is 1.50. The predicted octanol–water partition coefficient (Wildman–Crippen LogP) is 2.35. The highest BCUT2D eigenvalue weighted by Gasteiger charge is 2.40. The highest BCUT2D eigenvalue weighted by atomic mass is 16.5. The lowest BCUT2D eigenvalue weighted by Crippen LogP contribution is -2.36. The number of likely N-dealkylation sites (tertiary alicyclic amines) is 2. The van der Waals surface area contributed by atoms with Gasteiger partial charge < -0.3 is 4.74 Å². The van der Waals surface area contributed by atoms with Crippen molar-refractivity contribution in [3.63, 3.8) is 0 Å². The van der Waals surface area contributed by atoms with Gasteiger partial charge in [0.05, 0.1) is 6.61 Å². The largest absolute Gasteiger partial charge is 0.383 e. The molecule has 3 rings (SSSR count). The van der Waals surface area contributed by atoms with Crippen molar-refractivity contribution in [2.75, 3.05) is 46.4 Å². The molecule has 1 aromatic rings. The minimum Gasteiger partial charge on any atom is -0.383 e. The zero-order valence-corrected chi connectivity index (χ0v) is 12.9. The van der Waals surface area contributed by atoms with E-state index in [1.54, 1.807) is 7.11 Å². The summed E-state index contributed by atoms with van der Waals surface area (Å²) >= 11 is 0. The van der Waals surface area contributed by atoms with Crippen LogP contribution >= 0.6 is 0 Å². The van der Waals surface area contributed by atoms with Crippen LogP contribution in [0.15, 0.2) is 36.4 Å². The molecule has 0 aromatic heterocycles. The third-order valence-electron chi connectivity index (χ3n) is 4.80. The van der Waals surface area contributed by atoms with Gasteiger partial charge in [-0.15, -0.1) is 0 Å². The van der Waals surface area contributed by atoms with Crippen LogP contribution in [0.5, 0.6) is 0 Å². The number of hydrogen-bond donors (Lipinski definition) is 0. The zero-order chi connectivity index (χ0) is 14.5. The van der Waals surface area contributed by atoms with E-state index < -0.39 is 0 Å². The van der Waals surface area contributed by atoms with Crippen LogP contribution in [-0.2, 0) is 4.74 Å². The smallest absolute Gasteiger partial charge is 0.0589 e. The van der Waals surface area contributed by atoms with Crippen molar-refractivity contribution in [1.29, 1.82) is 0 Å². The van der Waals surface area contributed by atoms with Gasteiger partial charge in [0.2, 0.25) is 0 Å². The summed E-state index contributed by atoms with van der Waals surface area (Å²) in [4.78, 5) is 5.21. The minimum absolute atomic E-state index is 0.752. The Labute approximate surface area is 128 Å². The molecule has 21 heavy (non-hydrogen) atoms. The van der Waals surface area contributed by atoms with Crippen LogP contribution in [0.4, 0.5) is 0 Å². The lowest BCUT2D eigenvalue weighted by atomic mass is 10.1. The lowest BCUT2D eigenvalue weighted by molar-refractivity contribution is 0.152. The van der Waals surface area contributed by atoms with Gasteiger partial charge in [0.1, 0.15) is 0 Å². The van der Waals surface area contributed by atoms with Crippen molar-refractivity contribution in [2.45, 2.75) is 12.5 Å². The molecular weight excluding hydrogens is 260 g/mol. The molecule has 3 nitrogen and oxygen atoms in total. The molecule has 2 aliphatic rings. The van der Waals surface area contributed by atoms with Crippen LogP contribution in [0.1, 0.15) is 12.0 Å². The summed E-state index contributed by atoms with van der Waals surface area (Å²) in [7, 11) is 1.79. The highest BCUT2D eigenvalue weighted by molar-refractivity contribution is 5.48. The molecule has 0 saturated carbocycles. The monoisotopic (exact) mass is 286 g/mol. The highest BCUT2D eigenvalue weighted by Crippen LogP contribution is 2.31. The second kappa shape index (κ2) is 7.21. The summed E-state index contributed by atoms with van der Waals surface area (Å²) in [6.45, 7) is 6.74. The van der Waals surface area contributed by atoms with Crippen LogP contribution in [0.2, 0.25) is 0 Å². The van der Waals surface area contributed by atoms with Crippen molar-refractivity contribution in [3.8, 4) is 0 Å². The fourth-order valence-electron chi connectivity index (χ4n) is 3.65. The molecular formula is C18H26N2O. The fraction of sp³-hybridized carbons (Fsp3) is 0.556. The SMILES string of the molecule is COCCN1C[C@@H]2CCN(C/C=C/c3ccccc3)[C@@H]2C1. The molecule has 2 aliphatic heterocycles. The second-order valence-electron chi connectivity index (χ2n) is 6.18. The standard InChI is InChI=1S/C18H26N2O/c1-21-13-12-19-14-17-9-11-20(18(17)15-19)10-5-8-16-6-3-2-4-7-16/h2-8,17-18H,9-15H2,1H3/b8-5+/t17-,18+/m0/s1. The number of rotatable bonds is 6. The number of nitrogens with zero attached hydrogens (tertiary/aromatic N) is 2. The number of fused-ring (bicyclic) bond motifs is 1. The van der Waals surface area contributed by atoms with E-state index in [9.17, 15) is 0 Å². The molecule has 2 heterocycles. The van der Waals surface area contributed by atoms with Crippen LogP contribution < -0.4 is 0 Å². The fourth-order valence-corrected chi connectivity index (χ4v) is 3.65. The number of hydrogen-bond acceptors (Lipinski definition) is 3. The molecule has 0 bridgehead atoms. The van der Waals surface area contributed by atoms with E-state index in [0.717, 1.165) is 31.7 Å². The molecule has 0 aliphatic carbocycles. The number of methoxy groups -OCH3 is 1. The number of ether oxygens (including phenoxy) is 1. The maximum absolute atomic E-state index is 5.20. The molecule has 0 spiro atoms. The maximum atomic E-state index is 5.20. The van der Waals surface area contributed by atoms with Gasteiger partial charge in [-0.3, -0.25) is 9.80 Å². The zero-order valence-electron chi connectivity index (χ0n) is 12.9. The van der Waals surface area contributed by atoms with Crippen molar-refractivity contribution in [3.05, 3.63) is 42.0 Å². The summed E-state index contributed by atoms with van der Waals surface area (Å²) in [6, 6.07) is 11.3. The van der Waals surface area contributed by atoms with Crippen molar-refractivity contribution >= 4 is 6.08 Å². The predicted molar refractivity (Wildman–Crippen MR) is 87.3 cm³/mol. The van der Waals surface area contributed by atoms with Gasteiger partial charge in [-0.2, -0.15) is 0 Å². The summed E-state index contributed by atoms with van der Waals surface area (Å²) in [6.07, 6.45) is 5.91. The first-order valence-electron chi connectivity index (χ1n) is 8.04. The molecule has 2 atom stereocenters. The van der Waals surface area contributed by atoms with Crippen LogP contribution in [0.25, 0.3) is 6.08 Å². The molecule has 3 heteroatoms. The minimum atomic E-state index is 0.752. The quantitative estimate of drug-likeness (QED) is 0.798. The lowest BCUT2D eigenvalue weighted by Gasteiger charge is -2.23. The first kappa shape index (κ1) is 14.8. The molecule has 1 aromatic carbocycles. The molecule has 2 fully saturated rings. The third kappa shape index (κ3) is 3.73. The number of benzene rings is 1. The second-order valence-corrected chi connectivity index (χ2v) is 6.18.